The van der Waals surface area contributed by atoms with Gasteiger partial charge in [-0.25, -0.2) is 0 Å². The third kappa shape index (κ3) is 7.53. The summed E-state index contributed by atoms with van der Waals surface area (Å²) in [5.41, 5.74) is 22.8. The Kier molecular flexibility index (Phi) is 10.7. The van der Waals surface area contributed by atoms with Crippen molar-refractivity contribution in [1.29, 1.82) is 0 Å². The number of aryl methyl sites for hydroxylation is 4. The first-order chi connectivity index (χ1) is 39.4. The molecule has 0 aliphatic rings. The summed E-state index contributed by atoms with van der Waals surface area (Å²) in [5.74, 6) is 0. The lowest BCUT2D eigenvalue weighted by molar-refractivity contribution is 0.572. The Hall–Kier alpha value is -9.26. The summed E-state index contributed by atoms with van der Waals surface area (Å²) in [5, 5.41) is 12.9. The van der Waals surface area contributed by atoms with Gasteiger partial charge in [0.15, 0.2) is 11.2 Å². The second-order valence-electron chi connectivity index (χ2n) is 25.2. The fourth-order valence-electron chi connectivity index (χ4n) is 13.1. The van der Waals surface area contributed by atoms with Crippen molar-refractivity contribution in [3.8, 4) is 0 Å². The van der Waals surface area contributed by atoms with Crippen LogP contribution in [0.25, 0.3) is 109 Å². The van der Waals surface area contributed by atoms with Crippen LogP contribution < -0.4 is 9.80 Å². The lowest BCUT2D eigenvalue weighted by atomic mass is 9.86. The van der Waals surface area contributed by atoms with E-state index in [9.17, 15) is 0 Å². The minimum absolute atomic E-state index is 0.0920. The molecule has 4 aromatic heterocycles. The zero-order valence-electron chi connectivity index (χ0n) is 48.7. The molecule has 0 aliphatic carbocycles. The smallest absolute Gasteiger partial charge is 0.159 e. The maximum atomic E-state index is 7.05. The lowest BCUT2D eigenvalue weighted by Gasteiger charge is -2.27. The fraction of sp³-hybridized carbons (Fsp3) is 0.184. The summed E-state index contributed by atoms with van der Waals surface area (Å²) in [7, 11) is 0. The topological polar surface area (TPSA) is 59.0 Å². The predicted octanol–water partition coefficient (Wildman–Crippen LogP) is 23.0. The molecule has 0 saturated carbocycles. The van der Waals surface area contributed by atoms with Gasteiger partial charge < -0.3 is 27.5 Å². The summed E-state index contributed by atoms with van der Waals surface area (Å²) in [6, 6.07) is 62.1. The van der Waals surface area contributed by atoms with Crippen molar-refractivity contribution in [2.45, 2.75) is 93.9 Å². The number of para-hydroxylation sites is 4. The predicted molar refractivity (Wildman–Crippen MR) is 346 cm³/mol. The van der Waals surface area contributed by atoms with E-state index in [1.54, 1.807) is 0 Å². The summed E-state index contributed by atoms with van der Waals surface area (Å²) in [6.07, 6.45) is 0. The average molecular weight is 1070 g/mol. The second kappa shape index (κ2) is 17.6. The molecular formula is C76H64N2O4. The fourth-order valence-corrected chi connectivity index (χ4v) is 13.1. The lowest BCUT2D eigenvalue weighted by Crippen LogP contribution is -2.11. The molecule has 0 bridgehead atoms. The maximum Gasteiger partial charge on any atom is 0.159 e. The molecule has 4 heterocycles. The average Bonchev–Trinajstić information content (AvgIpc) is 3.99. The summed E-state index contributed by atoms with van der Waals surface area (Å²) in [4.78, 5) is 4.72. The van der Waals surface area contributed by atoms with E-state index in [1.807, 2.05) is 0 Å². The number of benzene rings is 11. The maximum absolute atomic E-state index is 7.05. The monoisotopic (exact) mass is 1070 g/mol. The first kappa shape index (κ1) is 49.8. The van der Waals surface area contributed by atoms with Crippen LogP contribution >= 0.6 is 0 Å². The van der Waals surface area contributed by atoms with E-state index in [-0.39, 0.29) is 10.8 Å². The Bertz CT molecular complexity index is 5170. The molecule has 6 heteroatoms. The minimum atomic E-state index is -0.0921. The van der Waals surface area contributed by atoms with Crippen molar-refractivity contribution in [2.75, 3.05) is 9.80 Å². The number of furan rings is 4. The highest BCUT2D eigenvalue weighted by atomic mass is 16.3. The molecule has 15 aromatic rings. The van der Waals surface area contributed by atoms with Crippen LogP contribution in [0.1, 0.15) is 86.1 Å². The Balaban J connectivity index is 0.867. The SMILES string of the molecule is Cc1cc(N(c2ccc3cc4c(cc3c2)oc2c4ccc3oc4cc5cc(N(c6cc(C)c(C)c(C)c6)c6cccc7c6oc6c(C(C)(C)C)cccc67)ccc5cc4c32)c2cccc3c2oc2c(C(C)(C)C)cccc23)cc(C)c1C. The van der Waals surface area contributed by atoms with E-state index in [0.717, 1.165) is 143 Å². The number of hydrogen-bond donors (Lipinski definition) is 0. The van der Waals surface area contributed by atoms with Crippen LogP contribution in [0.15, 0.2) is 188 Å². The third-order valence-corrected chi connectivity index (χ3v) is 17.9. The summed E-state index contributed by atoms with van der Waals surface area (Å²) >= 11 is 0. The third-order valence-electron chi connectivity index (χ3n) is 17.9. The van der Waals surface area contributed by atoms with Gasteiger partial charge in [-0.1, -0.05) is 114 Å². The number of nitrogens with zero attached hydrogens (tertiary/aromatic N) is 2. The number of fused-ring (bicyclic) bond motifs is 15. The van der Waals surface area contributed by atoms with Crippen LogP contribution in [0.2, 0.25) is 0 Å². The Labute approximate surface area is 476 Å². The van der Waals surface area contributed by atoms with Crippen molar-refractivity contribution in [1.82, 2.24) is 0 Å². The summed E-state index contributed by atoms with van der Waals surface area (Å²) < 4.78 is 27.9. The van der Waals surface area contributed by atoms with E-state index in [4.69, 9.17) is 17.7 Å². The molecule has 11 aromatic carbocycles. The molecule has 0 amide bonds. The summed E-state index contributed by atoms with van der Waals surface area (Å²) in [6.45, 7) is 26.7. The normalized spacial score (nSPS) is 12.6. The van der Waals surface area contributed by atoms with Gasteiger partial charge in [0, 0.05) is 71.6 Å². The van der Waals surface area contributed by atoms with E-state index in [2.05, 4.69) is 263 Å². The standard InChI is InChI=1S/C76H64N2O4/c1-41-31-53(32-42(2)45(41)5)77(64-23-15-19-57-55-17-13-21-62(75(7,8)9)70(55)81-72(57)64)51-27-25-47-37-60-59-29-30-66-69(74(59)80-67(60)39-49(47)35-51)61-38-48-26-28-52(36-50(48)40-68(61)79-66)78(54-33-43(3)46(6)44(4)34-54)65-24-16-20-58-56-18-14-22-63(76(10,11)12)71(56)82-73(58)65/h13-40H,1-12H3. The van der Waals surface area contributed by atoms with E-state index in [1.165, 1.54) is 44.5 Å². The molecule has 0 radical (unpaired) electrons. The van der Waals surface area contributed by atoms with E-state index < -0.39 is 0 Å². The van der Waals surface area contributed by atoms with Crippen LogP contribution in [0.3, 0.4) is 0 Å². The van der Waals surface area contributed by atoms with Gasteiger partial charge in [-0.05, 0) is 204 Å². The zero-order valence-corrected chi connectivity index (χ0v) is 48.7. The second-order valence-corrected chi connectivity index (χ2v) is 25.2. The van der Waals surface area contributed by atoms with Gasteiger partial charge in [0.2, 0.25) is 0 Å². The van der Waals surface area contributed by atoms with Gasteiger partial charge in [0.25, 0.3) is 0 Å². The van der Waals surface area contributed by atoms with Gasteiger partial charge in [-0.3, -0.25) is 0 Å². The highest BCUT2D eigenvalue weighted by Crippen LogP contribution is 2.49. The van der Waals surface area contributed by atoms with Crippen molar-refractivity contribution in [3.05, 3.63) is 214 Å². The molecule has 82 heavy (non-hydrogen) atoms. The molecule has 0 N–H and O–H groups in total. The van der Waals surface area contributed by atoms with Crippen LogP contribution in [-0.4, -0.2) is 0 Å². The van der Waals surface area contributed by atoms with Gasteiger partial charge in [0.1, 0.15) is 33.5 Å². The van der Waals surface area contributed by atoms with Crippen molar-refractivity contribution >= 4 is 143 Å². The van der Waals surface area contributed by atoms with Crippen LogP contribution in [0, 0.1) is 41.5 Å². The highest BCUT2D eigenvalue weighted by molar-refractivity contribution is 6.24. The van der Waals surface area contributed by atoms with Crippen molar-refractivity contribution < 1.29 is 17.7 Å². The van der Waals surface area contributed by atoms with Crippen LogP contribution in [-0.2, 0) is 10.8 Å². The Morgan fingerprint density at radius 2 is 0.707 bits per heavy atom. The number of hydrogen-bond acceptors (Lipinski definition) is 6. The molecule has 0 fully saturated rings. The van der Waals surface area contributed by atoms with Crippen molar-refractivity contribution in [3.63, 3.8) is 0 Å². The Morgan fingerprint density at radius 3 is 1.17 bits per heavy atom. The number of anilines is 6. The molecule has 0 atom stereocenters. The van der Waals surface area contributed by atoms with Crippen LogP contribution in [0.4, 0.5) is 34.1 Å². The first-order valence-electron chi connectivity index (χ1n) is 28.7. The molecule has 6 nitrogen and oxygen atoms in total. The van der Waals surface area contributed by atoms with Gasteiger partial charge in [-0.2, -0.15) is 0 Å². The van der Waals surface area contributed by atoms with Gasteiger partial charge >= 0.3 is 0 Å². The molecule has 15 rings (SSSR count). The van der Waals surface area contributed by atoms with Crippen LogP contribution in [0.5, 0.6) is 0 Å². The molecule has 402 valence electrons. The largest absolute Gasteiger partial charge is 0.456 e. The molecule has 0 saturated heterocycles. The highest BCUT2D eigenvalue weighted by Gasteiger charge is 2.28. The molecular weight excluding hydrogens is 1000 g/mol. The zero-order chi connectivity index (χ0) is 56.4. The van der Waals surface area contributed by atoms with E-state index in [0.29, 0.717) is 0 Å². The van der Waals surface area contributed by atoms with Crippen molar-refractivity contribution in [2.24, 2.45) is 0 Å². The Morgan fingerprint density at radius 1 is 0.293 bits per heavy atom. The molecule has 0 unspecified atom stereocenters. The quantitative estimate of drug-likeness (QED) is 0.165. The molecule has 0 aliphatic heterocycles. The number of rotatable bonds is 6. The first-order valence-corrected chi connectivity index (χ1v) is 28.7. The van der Waals surface area contributed by atoms with E-state index >= 15 is 0 Å². The minimum Gasteiger partial charge on any atom is -0.456 e. The van der Waals surface area contributed by atoms with Gasteiger partial charge in [-0.15, -0.1) is 0 Å². The van der Waals surface area contributed by atoms with Gasteiger partial charge in [0.05, 0.1) is 16.8 Å². The molecule has 0 spiro atoms.